The third-order valence-corrected chi connectivity index (χ3v) is 3.94. The molecule has 0 spiro atoms. The van der Waals surface area contributed by atoms with E-state index in [1.54, 1.807) is 0 Å². The third-order valence-electron chi connectivity index (χ3n) is 3.94. The number of hydrazine groups is 1. The van der Waals surface area contributed by atoms with Gasteiger partial charge in [-0.2, -0.15) is 13.2 Å². The summed E-state index contributed by atoms with van der Waals surface area (Å²) >= 11 is 0. The molecular formula is C15H21F3N2. The van der Waals surface area contributed by atoms with Crippen LogP contribution in [0.3, 0.4) is 0 Å². The molecule has 0 bridgehead atoms. The fraction of sp³-hybridized carbons (Fsp3) is 0.600. The van der Waals surface area contributed by atoms with Crippen LogP contribution in [0.4, 0.5) is 13.2 Å². The minimum atomic E-state index is -4.26. The molecule has 1 saturated heterocycles. The number of nitrogens with zero attached hydrogens (tertiary/aromatic N) is 1. The van der Waals surface area contributed by atoms with Crippen LogP contribution in [0.2, 0.25) is 0 Å². The molecular weight excluding hydrogens is 265 g/mol. The van der Waals surface area contributed by atoms with Crippen LogP contribution >= 0.6 is 0 Å². The van der Waals surface area contributed by atoms with Gasteiger partial charge in [-0.1, -0.05) is 18.6 Å². The number of piperidine rings is 1. The van der Waals surface area contributed by atoms with Gasteiger partial charge in [-0.3, -0.25) is 5.43 Å². The van der Waals surface area contributed by atoms with Crippen molar-refractivity contribution in [3.8, 4) is 0 Å². The molecule has 2 atom stereocenters. The Balaban J connectivity index is 1.93. The zero-order chi connectivity index (χ0) is 14.8. The molecule has 1 aliphatic rings. The Morgan fingerprint density at radius 2 is 1.65 bits per heavy atom. The molecule has 2 rings (SSSR count). The molecule has 1 N–H and O–H groups in total. The summed E-state index contributed by atoms with van der Waals surface area (Å²) in [5.74, 6) is 0. The fourth-order valence-electron chi connectivity index (χ4n) is 2.73. The minimum absolute atomic E-state index is 0.466. The maximum absolute atomic E-state index is 12.5. The van der Waals surface area contributed by atoms with Gasteiger partial charge < -0.3 is 0 Å². The maximum Gasteiger partial charge on any atom is 0.416 e. The smallest absolute Gasteiger partial charge is 0.250 e. The predicted molar refractivity (Wildman–Crippen MR) is 72.9 cm³/mol. The monoisotopic (exact) mass is 286 g/mol. The van der Waals surface area contributed by atoms with Gasteiger partial charge in [0.2, 0.25) is 0 Å². The molecule has 2 nitrogen and oxygen atoms in total. The first-order chi connectivity index (χ1) is 9.38. The van der Waals surface area contributed by atoms with E-state index in [1.165, 1.54) is 18.6 Å². The van der Waals surface area contributed by atoms with E-state index in [9.17, 15) is 13.2 Å². The zero-order valence-electron chi connectivity index (χ0n) is 11.9. The van der Waals surface area contributed by atoms with Crippen molar-refractivity contribution in [3.05, 3.63) is 35.4 Å². The van der Waals surface area contributed by atoms with Crippen molar-refractivity contribution in [1.29, 1.82) is 0 Å². The van der Waals surface area contributed by atoms with Crippen LogP contribution in [0, 0.1) is 0 Å². The maximum atomic E-state index is 12.5. The van der Waals surface area contributed by atoms with Gasteiger partial charge in [0.25, 0.3) is 0 Å². The van der Waals surface area contributed by atoms with E-state index >= 15 is 0 Å². The van der Waals surface area contributed by atoms with E-state index in [2.05, 4.69) is 24.3 Å². The molecule has 0 amide bonds. The Hall–Kier alpha value is -1.07. The predicted octanol–water partition coefficient (Wildman–Crippen LogP) is 3.97. The normalized spacial score (nSPS) is 24.9. The van der Waals surface area contributed by atoms with Gasteiger partial charge in [-0.15, -0.1) is 0 Å². The van der Waals surface area contributed by atoms with Crippen LogP contribution in [0.25, 0.3) is 0 Å². The average molecular weight is 286 g/mol. The molecule has 1 heterocycles. The highest BCUT2D eigenvalue weighted by Gasteiger charge is 2.30. The summed E-state index contributed by atoms with van der Waals surface area (Å²) < 4.78 is 37.4. The number of nitrogens with one attached hydrogen (secondary N) is 1. The average Bonchev–Trinajstić information content (AvgIpc) is 2.37. The zero-order valence-corrected chi connectivity index (χ0v) is 11.9. The Kier molecular flexibility index (Phi) is 4.70. The van der Waals surface area contributed by atoms with E-state index < -0.39 is 11.7 Å². The molecule has 1 aliphatic heterocycles. The van der Waals surface area contributed by atoms with Crippen molar-refractivity contribution in [1.82, 2.24) is 10.4 Å². The number of hydrogen-bond donors (Lipinski definition) is 1. The first-order valence-corrected chi connectivity index (χ1v) is 7.06. The molecule has 5 heteroatoms. The molecule has 0 aliphatic carbocycles. The summed E-state index contributed by atoms with van der Waals surface area (Å²) in [6, 6.07) is 6.28. The van der Waals surface area contributed by atoms with Gasteiger partial charge in [-0.25, -0.2) is 5.01 Å². The molecule has 112 valence electrons. The van der Waals surface area contributed by atoms with Gasteiger partial charge in [0, 0.05) is 18.6 Å². The number of benzene rings is 1. The van der Waals surface area contributed by atoms with Crippen molar-refractivity contribution in [2.24, 2.45) is 0 Å². The van der Waals surface area contributed by atoms with Gasteiger partial charge in [0.05, 0.1) is 5.56 Å². The van der Waals surface area contributed by atoms with Crippen LogP contribution in [0.15, 0.2) is 24.3 Å². The highest BCUT2D eigenvalue weighted by atomic mass is 19.4. The summed E-state index contributed by atoms with van der Waals surface area (Å²) in [7, 11) is 0. The summed E-state index contributed by atoms with van der Waals surface area (Å²) in [6.45, 7) is 4.91. The topological polar surface area (TPSA) is 15.3 Å². The number of alkyl halides is 3. The second-order valence-electron chi connectivity index (χ2n) is 5.57. The lowest BCUT2D eigenvalue weighted by atomic mass is 10.00. The second-order valence-corrected chi connectivity index (χ2v) is 5.57. The van der Waals surface area contributed by atoms with Crippen LogP contribution in [-0.2, 0) is 12.7 Å². The van der Waals surface area contributed by atoms with Crippen molar-refractivity contribution in [3.63, 3.8) is 0 Å². The summed E-state index contributed by atoms with van der Waals surface area (Å²) in [4.78, 5) is 0. The number of hydrogen-bond acceptors (Lipinski definition) is 2. The second kappa shape index (κ2) is 6.14. The Bertz CT molecular complexity index is 418. The Morgan fingerprint density at radius 1 is 1.10 bits per heavy atom. The summed E-state index contributed by atoms with van der Waals surface area (Å²) in [5.41, 5.74) is 3.62. The standard InChI is InChI=1S/C15H21F3N2/c1-11-4-3-5-12(2)20(11)19-10-13-6-8-14(9-7-13)15(16,17)18/h6-9,11-12,19H,3-5,10H2,1-2H3. The van der Waals surface area contributed by atoms with Crippen LogP contribution in [0.1, 0.15) is 44.2 Å². The molecule has 2 unspecified atom stereocenters. The number of rotatable bonds is 3. The first kappa shape index (κ1) is 15.3. The SMILES string of the molecule is CC1CCCC(C)N1NCc1ccc(C(F)(F)F)cc1. The molecule has 1 fully saturated rings. The van der Waals surface area contributed by atoms with Crippen molar-refractivity contribution >= 4 is 0 Å². The van der Waals surface area contributed by atoms with Gasteiger partial charge >= 0.3 is 6.18 Å². The third kappa shape index (κ3) is 3.73. The molecule has 1 aromatic rings. The van der Waals surface area contributed by atoms with Crippen LogP contribution in [-0.4, -0.2) is 17.1 Å². The highest BCUT2D eigenvalue weighted by Crippen LogP contribution is 2.29. The van der Waals surface area contributed by atoms with Crippen molar-refractivity contribution < 1.29 is 13.2 Å². The first-order valence-electron chi connectivity index (χ1n) is 7.06. The molecule has 0 radical (unpaired) electrons. The molecule has 20 heavy (non-hydrogen) atoms. The van der Waals surface area contributed by atoms with E-state index in [0.29, 0.717) is 18.6 Å². The van der Waals surface area contributed by atoms with E-state index in [4.69, 9.17) is 0 Å². The summed E-state index contributed by atoms with van der Waals surface area (Å²) in [6.07, 6.45) is -0.711. The lowest BCUT2D eigenvalue weighted by Crippen LogP contribution is -2.51. The van der Waals surface area contributed by atoms with Crippen LogP contribution < -0.4 is 5.43 Å². The lowest BCUT2D eigenvalue weighted by Gasteiger charge is -2.39. The van der Waals surface area contributed by atoms with E-state index in [0.717, 1.165) is 30.5 Å². The minimum Gasteiger partial charge on any atom is -0.250 e. The fourth-order valence-corrected chi connectivity index (χ4v) is 2.73. The van der Waals surface area contributed by atoms with Crippen LogP contribution in [0.5, 0.6) is 0 Å². The van der Waals surface area contributed by atoms with Crippen molar-refractivity contribution in [2.45, 2.75) is 57.9 Å². The Labute approximate surface area is 117 Å². The molecule has 1 aromatic carbocycles. The highest BCUT2D eigenvalue weighted by molar-refractivity contribution is 5.24. The summed E-state index contributed by atoms with van der Waals surface area (Å²) in [5, 5.41) is 2.22. The quantitative estimate of drug-likeness (QED) is 0.904. The largest absolute Gasteiger partial charge is 0.416 e. The van der Waals surface area contributed by atoms with Gasteiger partial charge in [0.1, 0.15) is 0 Å². The Morgan fingerprint density at radius 3 is 2.15 bits per heavy atom. The molecule has 0 aromatic heterocycles. The van der Waals surface area contributed by atoms with E-state index in [1.807, 2.05) is 0 Å². The lowest BCUT2D eigenvalue weighted by molar-refractivity contribution is -0.137. The van der Waals surface area contributed by atoms with Crippen molar-refractivity contribution in [2.75, 3.05) is 0 Å². The van der Waals surface area contributed by atoms with E-state index in [-0.39, 0.29) is 0 Å². The molecule has 0 saturated carbocycles. The van der Waals surface area contributed by atoms with Gasteiger partial charge in [0.15, 0.2) is 0 Å². The van der Waals surface area contributed by atoms with Gasteiger partial charge in [-0.05, 0) is 44.4 Å². The number of halogens is 3.